The van der Waals surface area contributed by atoms with E-state index in [9.17, 15) is 0 Å². The van der Waals surface area contributed by atoms with Crippen molar-refractivity contribution in [2.24, 2.45) is 0 Å². The van der Waals surface area contributed by atoms with Crippen LogP contribution in [0.1, 0.15) is 11.1 Å². The van der Waals surface area contributed by atoms with Crippen LogP contribution < -0.4 is 0 Å². The number of aromatic nitrogens is 3. The molecule has 0 N–H and O–H groups in total. The second-order valence-corrected chi connectivity index (χ2v) is 12.6. The van der Waals surface area contributed by atoms with Crippen molar-refractivity contribution < 1.29 is 0 Å². The van der Waals surface area contributed by atoms with Crippen LogP contribution in [0.15, 0.2) is 201 Å². The van der Waals surface area contributed by atoms with E-state index >= 15 is 0 Å². The zero-order valence-corrected chi connectivity index (χ0v) is 28.6. The summed E-state index contributed by atoms with van der Waals surface area (Å²) in [4.78, 5) is 15.1. The third kappa shape index (κ3) is 7.30. The van der Waals surface area contributed by atoms with Crippen molar-refractivity contribution in [1.29, 1.82) is 0 Å². The summed E-state index contributed by atoms with van der Waals surface area (Å²) in [6.07, 6.45) is 4.12. The van der Waals surface area contributed by atoms with Crippen LogP contribution in [-0.4, -0.2) is 15.0 Å². The number of nitrogens with zero attached hydrogens (tertiary/aromatic N) is 3. The van der Waals surface area contributed by atoms with Gasteiger partial charge in [0.25, 0.3) is 0 Å². The van der Waals surface area contributed by atoms with Gasteiger partial charge >= 0.3 is 0 Å². The molecule has 0 bridgehead atoms. The topological polar surface area (TPSA) is 38.7 Å². The van der Waals surface area contributed by atoms with Crippen molar-refractivity contribution in [2.45, 2.75) is 0 Å². The Kier molecular flexibility index (Phi) is 9.22. The van der Waals surface area contributed by atoms with Gasteiger partial charge in [-0.2, -0.15) is 0 Å². The Bertz CT molecular complexity index is 2450. The molecular weight excluding hydrogens is 631 g/mol. The summed E-state index contributed by atoms with van der Waals surface area (Å²) in [6.45, 7) is 4.35. The summed E-state index contributed by atoms with van der Waals surface area (Å²) < 4.78 is 0. The number of rotatable bonds is 9. The molecular formula is C49H35N3. The fourth-order valence-electron chi connectivity index (χ4n) is 6.29. The molecule has 0 radical (unpaired) electrons. The van der Waals surface area contributed by atoms with E-state index in [0.29, 0.717) is 17.5 Å². The molecule has 3 nitrogen and oxygen atoms in total. The summed E-state index contributed by atoms with van der Waals surface area (Å²) >= 11 is 0. The minimum atomic E-state index is 0.605. The quantitative estimate of drug-likeness (QED) is 0.144. The maximum atomic E-state index is 5.09. The fourth-order valence-corrected chi connectivity index (χ4v) is 6.29. The molecule has 8 aromatic rings. The summed E-state index contributed by atoms with van der Waals surface area (Å²) in [5.74, 6) is 1.84. The van der Waals surface area contributed by atoms with E-state index in [0.717, 1.165) is 55.6 Å². The second kappa shape index (κ2) is 14.9. The maximum absolute atomic E-state index is 5.09. The summed E-state index contributed by atoms with van der Waals surface area (Å²) in [5.41, 5.74) is 12.6. The molecule has 52 heavy (non-hydrogen) atoms. The Morgan fingerprint density at radius 2 is 0.731 bits per heavy atom. The van der Waals surface area contributed by atoms with E-state index in [1.165, 1.54) is 11.1 Å². The minimum absolute atomic E-state index is 0.605. The van der Waals surface area contributed by atoms with Crippen LogP contribution in [0.2, 0.25) is 0 Å². The molecule has 0 atom stereocenters. The smallest absolute Gasteiger partial charge is 0.164 e. The molecule has 8 rings (SSSR count). The van der Waals surface area contributed by atoms with Crippen molar-refractivity contribution in [3.05, 3.63) is 212 Å². The first kappa shape index (κ1) is 32.2. The lowest BCUT2D eigenvalue weighted by atomic mass is 9.93. The first-order chi connectivity index (χ1) is 25.7. The molecule has 246 valence electrons. The zero-order chi connectivity index (χ0) is 35.1. The van der Waals surface area contributed by atoms with E-state index < -0.39 is 0 Å². The standard InChI is InChI=1S/C49H35N3/c1-35(28-29-36-16-6-2-7-17-36)40-24-14-26-42(30-40)48-50-47(39-22-12-5-13-23-39)51-49(52-48)43-27-15-25-41(31-43)46-33-44(37-18-8-3-9-19-37)32-45(34-46)38-20-10-4-11-21-38/h2-34H,1H2/b29-28+. The molecule has 0 aliphatic heterocycles. The molecule has 0 unspecified atom stereocenters. The average Bonchev–Trinajstić information content (AvgIpc) is 3.24. The highest BCUT2D eigenvalue weighted by atomic mass is 15.0. The molecule has 1 heterocycles. The SMILES string of the molecule is C=C(/C=C/c1ccccc1)c1cccc(-c2nc(-c3ccccc3)nc(-c3cccc(-c4cc(-c5ccccc5)cc(-c5ccccc5)c4)c3)n2)c1. The molecule has 0 aliphatic rings. The molecule has 0 fully saturated rings. The molecule has 0 aliphatic carbocycles. The Morgan fingerprint density at radius 1 is 0.346 bits per heavy atom. The predicted octanol–water partition coefficient (Wildman–Crippen LogP) is 12.6. The van der Waals surface area contributed by atoms with Gasteiger partial charge in [0.15, 0.2) is 17.5 Å². The number of allylic oxidation sites excluding steroid dienone is 2. The highest BCUT2D eigenvalue weighted by Crippen LogP contribution is 2.35. The van der Waals surface area contributed by atoms with E-state index in [1.54, 1.807) is 0 Å². The van der Waals surface area contributed by atoms with Crippen LogP contribution in [0, 0.1) is 0 Å². The monoisotopic (exact) mass is 665 g/mol. The Balaban J connectivity index is 1.21. The van der Waals surface area contributed by atoms with Gasteiger partial charge in [-0.15, -0.1) is 0 Å². The lowest BCUT2D eigenvalue weighted by Gasteiger charge is -2.13. The van der Waals surface area contributed by atoms with Crippen LogP contribution in [0.4, 0.5) is 0 Å². The number of benzene rings is 7. The van der Waals surface area contributed by atoms with Crippen LogP contribution in [0.25, 0.3) is 79.2 Å². The summed E-state index contributed by atoms with van der Waals surface area (Å²) in [6, 6.07) is 64.9. The van der Waals surface area contributed by atoms with E-state index in [1.807, 2.05) is 66.7 Å². The maximum Gasteiger partial charge on any atom is 0.164 e. The molecule has 1 aromatic heterocycles. The zero-order valence-electron chi connectivity index (χ0n) is 28.6. The van der Waals surface area contributed by atoms with Crippen molar-refractivity contribution in [2.75, 3.05) is 0 Å². The van der Waals surface area contributed by atoms with Crippen molar-refractivity contribution in [1.82, 2.24) is 15.0 Å². The van der Waals surface area contributed by atoms with Gasteiger partial charge in [0.1, 0.15) is 0 Å². The minimum Gasteiger partial charge on any atom is -0.208 e. The van der Waals surface area contributed by atoms with Crippen LogP contribution in [0.3, 0.4) is 0 Å². The molecule has 0 saturated heterocycles. The van der Waals surface area contributed by atoms with Gasteiger partial charge in [0.05, 0.1) is 0 Å². The summed E-state index contributed by atoms with van der Waals surface area (Å²) in [5, 5.41) is 0. The third-order valence-electron chi connectivity index (χ3n) is 9.04. The fraction of sp³-hybridized carbons (Fsp3) is 0. The Morgan fingerprint density at radius 3 is 1.29 bits per heavy atom. The van der Waals surface area contributed by atoms with Crippen LogP contribution in [-0.2, 0) is 0 Å². The first-order valence-corrected chi connectivity index (χ1v) is 17.4. The number of hydrogen-bond acceptors (Lipinski definition) is 3. The lowest BCUT2D eigenvalue weighted by Crippen LogP contribution is -2.00. The lowest BCUT2D eigenvalue weighted by molar-refractivity contribution is 1.07. The van der Waals surface area contributed by atoms with E-state index in [-0.39, 0.29) is 0 Å². The van der Waals surface area contributed by atoms with Crippen molar-refractivity contribution in [3.63, 3.8) is 0 Å². The van der Waals surface area contributed by atoms with Gasteiger partial charge in [-0.05, 0) is 80.4 Å². The van der Waals surface area contributed by atoms with Crippen LogP contribution in [0.5, 0.6) is 0 Å². The third-order valence-corrected chi connectivity index (χ3v) is 9.04. The van der Waals surface area contributed by atoms with Gasteiger partial charge in [-0.1, -0.05) is 176 Å². The Hall–Kier alpha value is -6.97. The van der Waals surface area contributed by atoms with Gasteiger partial charge in [0, 0.05) is 16.7 Å². The molecule has 0 spiro atoms. The van der Waals surface area contributed by atoms with Crippen LogP contribution >= 0.6 is 0 Å². The van der Waals surface area contributed by atoms with E-state index in [2.05, 4.69) is 140 Å². The summed E-state index contributed by atoms with van der Waals surface area (Å²) in [7, 11) is 0. The average molecular weight is 666 g/mol. The highest BCUT2D eigenvalue weighted by molar-refractivity contribution is 5.83. The van der Waals surface area contributed by atoms with E-state index in [4.69, 9.17) is 15.0 Å². The largest absolute Gasteiger partial charge is 0.208 e. The Labute approximate surface area is 305 Å². The van der Waals surface area contributed by atoms with Gasteiger partial charge in [-0.3, -0.25) is 0 Å². The predicted molar refractivity (Wildman–Crippen MR) is 217 cm³/mol. The molecule has 0 saturated carbocycles. The first-order valence-electron chi connectivity index (χ1n) is 17.4. The number of hydrogen-bond donors (Lipinski definition) is 0. The van der Waals surface area contributed by atoms with Crippen molar-refractivity contribution >= 4 is 11.6 Å². The molecule has 7 aromatic carbocycles. The highest BCUT2D eigenvalue weighted by Gasteiger charge is 2.14. The molecule has 0 amide bonds. The molecule has 3 heteroatoms. The van der Waals surface area contributed by atoms with Gasteiger partial charge in [0.2, 0.25) is 0 Å². The second-order valence-electron chi connectivity index (χ2n) is 12.6. The van der Waals surface area contributed by atoms with Gasteiger partial charge in [-0.25, -0.2) is 15.0 Å². The van der Waals surface area contributed by atoms with Gasteiger partial charge < -0.3 is 0 Å². The normalized spacial score (nSPS) is 11.1. The van der Waals surface area contributed by atoms with Crippen molar-refractivity contribution in [3.8, 4) is 67.5 Å².